The fourth-order valence-electron chi connectivity index (χ4n) is 2.95. The first kappa shape index (κ1) is 19.6. The van der Waals surface area contributed by atoms with Gasteiger partial charge in [0.05, 0.1) is 0 Å². The predicted octanol–water partition coefficient (Wildman–Crippen LogP) is 1.60. The van der Waals surface area contributed by atoms with Crippen LogP contribution in [0.25, 0.3) is 0 Å². The molecule has 9 heteroatoms. The maximum atomic E-state index is 12.6. The van der Waals surface area contributed by atoms with E-state index in [-0.39, 0.29) is 18.0 Å². The van der Waals surface area contributed by atoms with Gasteiger partial charge in [-0.3, -0.25) is 9.59 Å². The topological polar surface area (TPSA) is 88.5 Å². The molecular weight excluding hydrogens is 390 g/mol. The van der Waals surface area contributed by atoms with Gasteiger partial charge in [-0.15, -0.1) is 0 Å². The smallest absolute Gasteiger partial charge is 0.271 e. The molecule has 1 aliphatic rings. The lowest BCUT2D eigenvalue weighted by Crippen LogP contribution is -2.37. The lowest BCUT2D eigenvalue weighted by atomic mass is 10.2. The average Bonchev–Trinajstić information content (AvgIpc) is 3.18. The normalized spacial score (nSPS) is 15.0. The number of carbonyl (C=O) groups is 1. The van der Waals surface area contributed by atoms with Crippen LogP contribution in [0.15, 0.2) is 52.3 Å². The summed E-state index contributed by atoms with van der Waals surface area (Å²) in [6.45, 7) is 0.773. The summed E-state index contributed by atoms with van der Waals surface area (Å²) in [6, 6.07) is 9.86. The number of hydrogen-bond acceptors (Lipinski definition) is 4. The highest BCUT2D eigenvalue weighted by atomic mass is 35.5. The van der Waals surface area contributed by atoms with Crippen LogP contribution in [0.4, 0.5) is 0 Å². The summed E-state index contributed by atoms with van der Waals surface area (Å²) in [6.07, 6.45) is 2.97. The van der Waals surface area contributed by atoms with Crippen molar-refractivity contribution in [2.24, 2.45) is 0 Å². The molecule has 1 N–H and O–H groups in total. The highest BCUT2D eigenvalue weighted by Gasteiger charge is 2.29. The van der Waals surface area contributed by atoms with Gasteiger partial charge in [0.1, 0.15) is 11.4 Å². The molecule has 0 aliphatic carbocycles. The molecule has 1 aromatic heterocycles. The Morgan fingerprint density at radius 3 is 2.52 bits per heavy atom. The monoisotopic (exact) mass is 409 g/mol. The Morgan fingerprint density at radius 2 is 1.81 bits per heavy atom. The number of halogens is 1. The van der Waals surface area contributed by atoms with Crippen LogP contribution in [-0.2, 0) is 27.9 Å². The number of pyridine rings is 1. The molecule has 0 bridgehead atoms. The number of aromatic nitrogens is 1. The lowest BCUT2D eigenvalue weighted by Gasteiger charge is -2.16. The van der Waals surface area contributed by atoms with E-state index in [0.29, 0.717) is 18.1 Å². The molecule has 1 fully saturated rings. The van der Waals surface area contributed by atoms with Crippen molar-refractivity contribution in [1.29, 1.82) is 0 Å². The minimum Gasteiger partial charge on any atom is -0.350 e. The summed E-state index contributed by atoms with van der Waals surface area (Å²) in [5, 5.41) is 3.22. The fourth-order valence-corrected chi connectivity index (χ4v) is 4.76. The van der Waals surface area contributed by atoms with E-state index in [4.69, 9.17) is 11.6 Å². The minimum atomic E-state index is -3.84. The van der Waals surface area contributed by atoms with Gasteiger partial charge in [0.25, 0.3) is 5.56 Å². The molecule has 0 radical (unpaired) electrons. The maximum Gasteiger partial charge on any atom is 0.271 e. The zero-order valence-electron chi connectivity index (χ0n) is 14.6. The van der Waals surface area contributed by atoms with E-state index in [1.165, 1.54) is 22.6 Å². The van der Waals surface area contributed by atoms with E-state index in [2.05, 4.69) is 5.32 Å². The van der Waals surface area contributed by atoms with Gasteiger partial charge in [-0.1, -0.05) is 29.8 Å². The Hall–Kier alpha value is -2.16. The third-order valence-electron chi connectivity index (χ3n) is 4.42. The van der Waals surface area contributed by atoms with Crippen LogP contribution in [0.2, 0.25) is 5.02 Å². The van der Waals surface area contributed by atoms with E-state index in [1.807, 2.05) is 6.07 Å². The molecule has 0 unspecified atom stereocenters. The fraction of sp³-hybridized carbons (Fsp3) is 0.333. The standard InChI is InChI=1S/C18H20ClN3O4S/c19-15-7-2-1-6-14(15)12-20-17(23)13-21-9-5-8-16(18(21)24)27(25,26)22-10-3-4-11-22/h1-2,5-9H,3-4,10-13H2,(H,20,23). The van der Waals surface area contributed by atoms with Crippen LogP contribution >= 0.6 is 11.6 Å². The average molecular weight is 410 g/mol. The van der Waals surface area contributed by atoms with Crippen LogP contribution in [0.1, 0.15) is 18.4 Å². The Morgan fingerprint density at radius 1 is 1.11 bits per heavy atom. The van der Waals surface area contributed by atoms with E-state index in [0.717, 1.165) is 23.0 Å². The Labute approximate surface area is 162 Å². The van der Waals surface area contributed by atoms with Gasteiger partial charge in [-0.25, -0.2) is 8.42 Å². The van der Waals surface area contributed by atoms with Crippen molar-refractivity contribution in [2.75, 3.05) is 13.1 Å². The summed E-state index contributed by atoms with van der Waals surface area (Å²) in [7, 11) is -3.84. The van der Waals surface area contributed by atoms with Crippen LogP contribution in [0.5, 0.6) is 0 Å². The second-order valence-corrected chi connectivity index (χ2v) is 8.60. The van der Waals surface area contributed by atoms with Crippen LogP contribution in [-0.4, -0.2) is 36.3 Å². The van der Waals surface area contributed by atoms with Crippen molar-refractivity contribution in [3.63, 3.8) is 0 Å². The SMILES string of the molecule is O=C(Cn1cccc(S(=O)(=O)N2CCCC2)c1=O)NCc1ccccc1Cl. The molecule has 0 saturated carbocycles. The Balaban J connectivity index is 1.73. The first-order valence-corrected chi connectivity index (χ1v) is 10.4. The second kappa shape index (κ2) is 8.24. The van der Waals surface area contributed by atoms with Crippen LogP contribution < -0.4 is 10.9 Å². The molecule has 1 aromatic carbocycles. The molecule has 1 aliphatic heterocycles. The zero-order chi connectivity index (χ0) is 19.4. The van der Waals surface area contributed by atoms with Gasteiger partial charge in [0.15, 0.2) is 0 Å². The number of hydrogen-bond donors (Lipinski definition) is 1. The molecule has 0 atom stereocenters. The summed E-state index contributed by atoms with van der Waals surface area (Å²) >= 11 is 6.05. The summed E-state index contributed by atoms with van der Waals surface area (Å²) in [5.74, 6) is -0.409. The molecule has 1 amide bonds. The van der Waals surface area contributed by atoms with Crippen molar-refractivity contribution in [2.45, 2.75) is 30.8 Å². The molecule has 0 spiro atoms. The molecule has 144 valence electrons. The van der Waals surface area contributed by atoms with Crippen molar-refractivity contribution >= 4 is 27.5 Å². The van der Waals surface area contributed by atoms with Gasteiger partial charge in [-0.05, 0) is 36.6 Å². The Kier molecular flexibility index (Phi) is 5.98. The molecule has 1 saturated heterocycles. The largest absolute Gasteiger partial charge is 0.350 e. The van der Waals surface area contributed by atoms with Gasteiger partial charge in [0.2, 0.25) is 15.9 Å². The maximum absolute atomic E-state index is 12.6. The van der Waals surface area contributed by atoms with Gasteiger partial charge in [0, 0.05) is 30.9 Å². The second-order valence-electron chi connectivity index (χ2n) is 6.28. The molecular formula is C18H20ClN3O4S. The van der Waals surface area contributed by atoms with Gasteiger partial charge >= 0.3 is 0 Å². The summed E-state index contributed by atoms with van der Waals surface area (Å²) in [4.78, 5) is 24.5. The number of nitrogens with zero attached hydrogens (tertiary/aromatic N) is 2. The van der Waals surface area contributed by atoms with E-state index in [1.54, 1.807) is 18.2 Å². The van der Waals surface area contributed by atoms with E-state index < -0.39 is 21.5 Å². The van der Waals surface area contributed by atoms with Crippen molar-refractivity contribution < 1.29 is 13.2 Å². The quantitative estimate of drug-likeness (QED) is 0.784. The number of sulfonamides is 1. The number of carbonyl (C=O) groups excluding carboxylic acids is 1. The van der Waals surface area contributed by atoms with E-state index in [9.17, 15) is 18.0 Å². The molecule has 7 nitrogen and oxygen atoms in total. The minimum absolute atomic E-state index is 0.221. The summed E-state index contributed by atoms with van der Waals surface area (Å²) in [5.41, 5.74) is 0.0579. The van der Waals surface area contributed by atoms with Crippen molar-refractivity contribution in [3.8, 4) is 0 Å². The van der Waals surface area contributed by atoms with Gasteiger partial charge < -0.3 is 9.88 Å². The first-order chi connectivity index (χ1) is 12.9. The third-order valence-corrected chi connectivity index (χ3v) is 6.70. The Bertz CT molecular complexity index is 998. The zero-order valence-corrected chi connectivity index (χ0v) is 16.2. The van der Waals surface area contributed by atoms with E-state index >= 15 is 0 Å². The highest BCUT2D eigenvalue weighted by molar-refractivity contribution is 7.89. The number of amides is 1. The van der Waals surface area contributed by atoms with Crippen LogP contribution in [0.3, 0.4) is 0 Å². The van der Waals surface area contributed by atoms with Crippen molar-refractivity contribution in [3.05, 3.63) is 63.5 Å². The number of benzene rings is 1. The first-order valence-electron chi connectivity index (χ1n) is 8.59. The van der Waals surface area contributed by atoms with Crippen LogP contribution in [0, 0.1) is 0 Å². The third kappa shape index (κ3) is 4.40. The lowest BCUT2D eigenvalue weighted by molar-refractivity contribution is -0.121. The summed E-state index contributed by atoms with van der Waals surface area (Å²) < 4.78 is 27.7. The molecule has 2 aromatic rings. The highest BCUT2D eigenvalue weighted by Crippen LogP contribution is 2.18. The number of rotatable bonds is 6. The molecule has 3 rings (SSSR count). The number of nitrogens with one attached hydrogen (secondary N) is 1. The van der Waals surface area contributed by atoms with Crippen molar-refractivity contribution in [1.82, 2.24) is 14.2 Å². The predicted molar refractivity (Wildman–Crippen MR) is 102 cm³/mol. The molecule has 2 heterocycles. The van der Waals surface area contributed by atoms with Gasteiger partial charge in [-0.2, -0.15) is 4.31 Å². The molecule has 27 heavy (non-hydrogen) atoms.